The molecular formula is C17H24N4O. The summed E-state index contributed by atoms with van der Waals surface area (Å²) < 4.78 is 8.13. The molecule has 5 heteroatoms. The highest BCUT2D eigenvalue weighted by atomic mass is 16.5. The van der Waals surface area contributed by atoms with Crippen LogP contribution in [-0.2, 0) is 17.7 Å². The van der Waals surface area contributed by atoms with Gasteiger partial charge in [0.05, 0.1) is 6.10 Å². The van der Waals surface area contributed by atoms with Gasteiger partial charge in [-0.05, 0) is 44.4 Å². The van der Waals surface area contributed by atoms with Crippen molar-refractivity contribution in [1.29, 1.82) is 0 Å². The van der Waals surface area contributed by atoms with Crippen LogP contribution in [0.3, 0.4) is 0 Å². The molecule has 2 aromatic heterocycles. The van der Waals surface area contributed by atoms with E-state index in [-0.39, 0.29) is 0 Å². The molecule has 0 aliphatic carbocycles. The number of hydrogen-bond donors (Lipinski definition) is 1. The van der Waals surface area contributed by atoms with Crippen LogP contribution < -0.4 is 5.32 Å². The number of imidazole rings is 1. The van der Waals surface area contributed by atoms with E-state index in [1.54, 1.807) is 0 Å². The topological polar surface area (TPSA) is 52.0 Å². The van der Waals surface area contributed by atoms with Crippen molar-refractivity contribution in [2.24, 2.45) is 0 Å². The number of pyridine rings is 1. The van der Waals surface area contributed by atoms with E-state index in [1.165, 1.54) is 25.7 Å². The molecule has 0 aromatic carbocycles. The Labute approximate surface area is 131 Å². The summed E-state index contributed by atoms with van der Waals surface area (Å²) in [5.41, 5.74) is 2.02. The third-order valence-electron chi connectivity index (χ3n) is 4.83. The number of aromatic nitrogens is 3. The smallest absolute Gasteiger partial charge is 0.160 e. The van der Waals surface area contributed by atoms with E-state index in [2.05, 4.69) is 20.9 Å². The van der Waals surface area contributed by atoms with Crippen molar-refractivity contribution >= 4 is 11.2 Å². The first-order valence-electron chi connectivity index (χ1n) is 8.55. The van der Waals surface area contributed by atoms with Crippen molar-refractivity contribution in [1.82, 2.24) is 19.9 Å². The highest BCUT2D eigenvalue weighted by Gasteiger charge is 2.22. The first kappa shape index (κ1) is 14.2. The van der Waals surface area contributed by atoms with Gasteiger partial charge in [0.25, 0.3) is 0 Å². The van der Waals surface area contributed by atoms with Gasteiger partial charge in [-0.1, -0.05) is 6.42 Å². The van der Waals surface area contributed by atoms with Crippen molar-refractivity contribution < 1.29 is 4.74 Å². The van der Waals surface area contributed by atoms with Crippen LogP contribution in [0.15, 0.2) is 18.3 Å². The number of ether oxygens (including phenoxy) is 1. The SMILES string of the molecule is c1cnc2c(c1)nc(CC1CCCO1)n2CC1CCCCN1. The van der Waals surface area contributed by atoms with Gasteiger partial charge in [0, 0.05) is 31.8 Å². The number of piperidine rings is 1. The van der Waals surface area contributed by atoms with Gasteiger partial charge in [0.2, 0.25) is 0 Å². The fraction of sp³-hybridized carbons (Fsp3) is 0.647. The number of fused-ring (bicyclic) bond motifs is 1. The standard InChI is InChI=1S/C17H24N4O/c1-2-8-18-13(5-1)12-21-16(11-14-6-4-10-22-14)20-15-7-3-9-19-17(15)21/h3,7,9,13-14,18H,1-2,4-6,8,10-12H2. The van der Waals surface area contributed by atoms with E-state index >= 15 is 0 Å². The first-order valence-corrected chi connectivity index (χ1v) is 8.55. The Balaban J connectivity index is 1.63. The zero-order valence-electron chi connectivity index (χ0n) is 13.0. The van der Waals surface area contributed by atoms with Crippen molar-refractivity contribution in [2.75, 3.05) is 13.2 Å². The average molecular weight is 300 g/mol. The summed E-state index contributed by atoms with van der Waals surface area (Å²) >= 11 is 0. The van der Waals surface area contributed by atoms with Crippen LogP contribution in [0.25, 0.3) is 11.2 Å². The van der Waals surface area contributed by atoms with Crippen LogP contribution in [0.5, 0.6) is 0 Å². The molecule has 1 N–H and O–H groups in total. The lowest BCUT2D eigenvalue weighted by Crippen LogP contribution is -2.37. The van der Waals surface area contributed by atoms with Gasteiger partial charge in [0.1, 0.15) is 11.3 Å². The molecule has 0 radical (unpaired) electrons. The van der Waals surface area contributed by atoms with E-state index in [0.717, 1.165) is 49.5 Å². The summed E-state index contributed by atoms with van der Waals surface area (Å²) in [4.78, 5) is 9.41. The monoisotopic (exact) mass is 300 g/mol. The molecule has 2 aromatic rings. The number of hydrogen-bond acceptors (Lipinski definition) is 4. The Morgan fingerprint density at radius 1 is 1.27 bits per heavy atom. The van der Waals surface area contributed by atoms with E-state index < -0.39 is 0 Å². The van der Waals surface area contributed by atoms with Crippen molar-refractivity contribution in [2.45, 2.75) is 57.2 Å². The minimum Gasteiger partial charge on any atom is -0.378 e. The van der Waals surface area contributed by atoms with Crippen molar-refractivity contribution in [3.05, 3.63) is 24.2 Å². The summed E-state index contributed by atoms with van der Waals surface area (Å²) in [5, 5.41) is 3.64. The second-order valence-electron chi connectivity index (χ2n) is 6.47. The lowest BCUT2D eigenvalue weighted by atomic mass is 10.0. The third kappa shape index (κ3) is 2.88. The summed E-state index contributed by atoms with van der Waals surface area (Å²) in [6.07, 6.45) is 9.28. The fourth-order valence-electron chi connectivity index (χ4n) is 3.66. The van der Waals surface area contributed by atoms with Crippen molar-refractivity contribution in [3.63, 3.8) is 0 Å². The maximum Gasteiger partial charge on any atom is 0.160 e. The second kappa shape index (κ2) is 6.34. The van der Waals surface area contributed by atoms with Crippen LogP contribution in [0.2, 0.25) is 0 Å². The minimum atomic E-state index is 0.329. The average Bonchev–Trinajstić information content (AvgIpc) is 3.18. The van der Waals surface area contributed by atoms with Gasteiger partial charge in [-0.2, -0.15) is 0 Å². The van der Waals surface area contributed by atoms with Crippen LogP contribution in [-0.4, -0.2) is 39.8 Å². The summed E-state index contributed by atoms with van der Waals surface area (Å²) in [6, 6.07) is 4.57. The second-order valence-corrected chi connectivity index (χ2v) is 6.47. The van der Waals surface area contributed by atoms with Gasteiger partial charge >= 0.3 is 0 Å². The number of nitrogens with one attached hydrogen (secondary N) is 1. The molecule has 0 bridgehead atoms. The molecule has 2 atom stereocenters. The Kier molecular flexibility index (Phi) is 4.08. The molecule has 2 fully saturated rings. The van der Waals surface area contributed by atoms with Crippen LogP contribution in [0.1, 0.15) is 37.9 Å². The quantitative estimate of drug-likeness (QED) is 0.941. The lowest BCUT2D eigenvalue weighted by molar-refractivity contribution is 0.109. The molecular weight excluding hydrogens is 276 g/mol. The van der Waals surface area contributed by atoms with Gasteiger partial charge in [-0.25, -0.2) is 9.97 Å². The predicted octanol–water partition coefficient (Wildman–Crippen LogP) is 2.29. The third-order valence-corrected chi connectivity index (χ3v) is 4.83. The molecule has 0 saturated carbocycles. The van der Waals surface area contributed by atoms with E-state index in [1.807, 2.05) is 12.3 Å². The zero-order chi connectivity index (χ0) is 14.8. The molecule has 4 rings (SSSR count). The molecule has 22 heavy (non-hydrogen) atoms. The lowest BCUT2D eigenvalue weighted by Gasteiger charge is -2.25. The number of nitrogens with zero attached hydrogens (tertiary/aromatic N) is 3. The maximum absolute atomic E-state index is 5.81. The molecule has 118 valence electrons. The molecule has 4 heterocycles. The Hall–Kier alpha value is -1.46. The molecule has 2 saturated heterocycles. The molecule has 2 aliphatic rings. The van der Waals surface area contributed by atoms with Gasteiger partial charge in [-0.15, -0.1) is 0 Å². The summed E-state index contributed by atoms with van der Waals surface area (Å²) in [5.74, 6) is 1.13. The normalized spacial score (nSPS) is 25.8. The highest BCUT2D eigenvalue weighted by molar-refractivity contribution is 5.71. The number of rotatable bonds is 4. The molecule has 0 amide bonds. The Morgan fingerprint density at radius 3 is 3.09 bits per heavy atom. The summed E-state index contributed by atoms with van der Waals surface area (Å²) in [7, 11) is 0. The van der Waals surface area contributed by atoms with Crippen LogP contribution in [0.4, 0.5) is 0 Å². The fourth-order valence-corrected chi connectivity index (χ4v) is 3.66. The van der Waals surface area contributed by atoms with Gasteiger partial charge in [-0.3, -0.25) is 0 Å². The molecule has 2 aliphatic heterocycles. The largest absolute Gasteiger partial charge is 0.378 e. The van der Waals surface area contributed by atoms with Crippen molar-refractivity contribution in [3.8, 4) is 0 Å². The minimum absolute atomic E-state index is 0.329. The summed E-state index contributed by atoms with van der Waals surface area (Å²) in [6.45, 7) is 2.99. The highest BCUT2D eigenvalue weighted by Crippen LogP contribution is 2.21. The zero-order valence-corrected chi connectivity index (χ0v) is 13.0. The first-order chi connectivity index (χ1) is 10.9. The predicted molar refractivity (Wildman–Crippen MR) is 85.8 cm³/mol. The Bertz CT molecular complexity index is 627. The Morgan fingerprint density at radius 2 is 2.27 bits per heavy atom. The molecule has 2 unspecified atom stereocenters. The van der Waals surface area contributed by atoms with E-state index in [9.17, 15) is 0 Å². The van der Waals surface area contributed by atoms with E-state index in [0.29, 0.717) is 12.1 Å². The molecule has 0 spiro atoms. The molecule has 5 nitrogen and oxygen atoms in total. The van der Waals surface area contributed by atoms with Crippen LogP contribution >= 0.6 is 0 Å². The van der Waals surface area contributed by atoms with Gasteiger partial charge in [0.15, 0.2) is 5.65 Å². The van der Waals surface area contributed by atoms with Crippen LogP contribution in [0, 0.1) is 0 Å². The maximum atomic E-state index is 5.81. The van der Waals surface area contributed by atoms with E-state index in [4.69, 9.17) is 9.72 Å². The van der Waals surface area contributed by atoms with Gasteiger partial charge < -0.3 is 14.6 Å².